The summed E-state index contributed by atoms with van der Waals surface area (Å²) in [5.41, 5.74) is 4.50. The van der Waals surface area contributed by atoms with Crippen LogP contribution in [0.3, 0.4) is 0 Å². The summed E-state index contributed by atoms with van der Waals surface area (Å²) in [6.45, 7) is 10.7. The molecular weight excluding hydrogens is 352 g/mol. The Morgan fingerprint density at radius 1 is 1.11 bits per heavy atom. The summed E-state index contributed by atoms with van der Waals surface area (Å²) in [4.78, 5) is 50.0. The first-order valence-electron chi connectivity index (χ1n) is 9.23. The first kappa shape index (κ1) is 22.7. The van der Waals surface area contributed by atoms with Crippen LogP contribution in [0.1, 0.15) is 54.4 Å². The van der Waals surface area contributed by atoms with Gasteiger partial charge in [-0.3, -0.25) is 19.3 Å². The monoisotopic (exact) mass is 384 g/mol. The summed E-state index contributed by atoms with van der Waals surface area (Å²) < 4.78 is 5.36. The molecule has 0 aromatic heterocycles. The highest BCUT2D eigenvalue weighted by atomic mass is 16.6. The minimum Gasteiger partial charge on any atom is -0.444 e. The van der Waals surface area contributed by atoms with Crippen molar-refractivity contribution in [2.24, 2.45) is 11.7 Å². The van der Waals surface area contributed by atoms with Gasteiger partial charge in [0.1, 0.15) is 23.7 Å². The summed E-state index contributed by atoms with van der Waals surface area (Å²) in [7, 11) is 0. The molecule has 1 fully saturated rings. The quantitative estimate of drug-likeness (QED) is 0.614. The van der Waals surface area contributed by atoms with Crippen LogP contribution in [0.4, 0.5) is 4.79 Å². The average Bonchev–Trinajstić information content (AvgIpc) is 2.99. The van der Waals surface area contributed by atoms with Gasteiger partial charge in [0.2, 0.25) is 17.7 Å². The molecule has 1 aliphatic rings. The normalized spacial score (nSPS) is 19.4. The highest BCUT2D eigenvalue weighted by Crippen LogP contribution is 2.21. The van der Waals surface area contributed by atoms with Gasteiger partial charge in [0, 0.05) is 6.54 Å². The van der Waals surface area contributed by atoms with E-state index in [2.05, 4.69) is 10.6 Å². The lowest BCUT2D eigenvalue weighted by Gasteiger charge is -2.30. The molecule has 1 heterocycles. The number of nitrogens with zero attached hydrogens (tertiary/aromatic N) is 1. The zero-order valence-electron chi connectivity index (χ0n) is 17.0. The Morgan fingerprint density at radius 2 is 1.70 bits per heavy atom. The number of amides is 4. The van der Waals surface area contributed by atoms with Crippen LogP contribution in [0.2, 0.25) is 0 Å². The van der Waals surface area contributed by atoms with E-state index in [0.29, 0.717) is 19.4 Å². The van der Waals surface area contributed by atoms with Crippen molar-refractivity contribution in [1.82, 2.24) is 15.5 Å². The first-order chi connectivity index (χ1) is 12.3. The van der Waals surface area contributed by atoms with E-state index in [1.54, 1.807) is 34.6 Å². The molecular formula is C18H32N4O5. The Labute approximate surface area is 160 Å². The number of carbonyl (C=O) groups is 4. The van der Waals surface area contributed by atoms with E-state index in [4.69, 9.17) is 10.5 Å². The van der Waals surface area contributed by atoms with Gasteiger partial charge in [-0.1, -0.05) is 13.8 Å². The zero-order valence-corrected chi connectivity index (χ0v) is 17.0. The molecule has 1 saturated heterocycles. The van der Waals surface area contributed by atoms with Gasteiger partial charge in [-0.2, -0.15) is 0 Å². The van der Waals surface area contributed by atoms with Crippen molar-refractivity contribution in [1.29, 1.82) is 0 Å². The lowest BCUT2D eigenvalue weighted by atomic mass is 10.0. The molecule has 4 N–H and O–H groups in total. The standard InChI is InChI=1S/C18H32N4O5/c1-10(2)13(16(25)20-11(3)14(19)23)21-15(24)12-8-7-9-22(12)17(26)27-18(4,5)6/h10-13H,7-9H2,1-6H3,(H2,19,23)(H,20,25)(H,21,24)/t11-,12+,13-/m1/s1. The van der Waals surface area contributed by atoms with Crippen molar-refractivity contribution in [3.8, 4) is 0 Å². The van der Waals surface area contributed by atoms with Gasteiger partial charge >= 0.3 is 6.09 Å². The fourth-order valence-electron chi connectivity index (χ4n) is 2.74. The third-order valence-electron chi connectivity index (χ3n) is 4.22. The molecule has 9 heteroatoms. The molecule has 154 valence electrons. The maximum atomic E-state index is 12.7. The number of nitrogens with one attached hydrogen (secondary N) is 2. The maximum Gasteiger partial charge on any atom is 0.410 e. The van der Waals surface area contributed by atoms with Crippen molar-refractivity contribution in [2.45, 2.75) is 78.1 Å². The number of hydrogen-bond donors (Lipinski definition) is 3. The number of likely N-dealkylation sites (tertiary alicyclic amines) is 1. The third-order valence-corrected chi connectivity index (χ3v) is 4.22. The van der Waals surface area contributed by atoms with Crippen LogP contribution >= 0.6 is 0 Å². The van der Waals surface area contributed by atoms with E-state index >= 15 is 0 Å². The molecule has 0 aromatic carbocycles. The van der Waals surface area contributed by atoms with Crippen LogP contribution in [0.5, 0.6) is 0 Å². The topological polar surface area (TPSA) is 131 Å². The van der Waals surface area contributed by atoms with E-state index in [1.165, 1.54) is 11.8 Å². The molecule has 9 nitrogen and oxygen atoms in total. The number of hydrogen-bond acceptors (Lipinski definition) is 5. The fraction of sp³-hybridized carbons (Fsp3) is 0.778. The van der Waals surface area contributed by atoms with Crippen molar-refractivity contribution >= 4 is 23.8 Å². The summed E-state index contributed by atoms with van der Waals surface area (Å²) >= 11 is 0. The average molecular weight is 384 g/mol. The smallest absolute Gasteiger partial charge is 0.410 e. The van der Waals surface area contributed by atoms with Crippen molar-refractivity contribution < 1.29 is 23.9 Å². The van der Waals surface area contributed by atoms with Crippen LogP contribution < -0.4 is 16.4 Å². The van der Waals surface area contributed by atoms with Crippen LogP contribution in [0.15, 0.2) is 0 Å². The molecule has 0 unspecified atom stereocenters. The van der Waals surface area contributed by atoms with E-state index < -0.39 is 47.5 Å². The van der Waals surface area contributed by atoms with Gasteiger partial charge in [-0.15, -0.1) is 0 Å². The molecule has 0 spiro atoms. The summed E-state index contributed by atoms with van der Waals surface area (Å²) in [6, 6.07) is -2.39. The molecule has 3 atom stereocenters. The molecule has 0 aromatic rings. The highest BCUT2D eigenvalue weighted by molar-refractivity contribution is 5.93. The predicted octanol–water partition coefficient (Wildman–Crippen LogP) is 0.517. The molecule has 0 bridgehead atoms. The number of nitrogens with two attached hydrogens (primary N) is 1. The second-order valence-corrected chi connectivity index (χ2v) is 8.19. The molecule has 0 aliphatic carbocycles. The minimum atomic E-state index is -0.847. The molecule has 0 saturated carbocycles. The first-order valence-corrected chi connectivity index (χ1v) is 9.23. The molecule has 1 aliphatic heterocycles. The second-order valence-electron chi connectivity index (χ2n) is 8.19. The van der Waals surface area contributed by atoms with Crippen molar-refractivity contribution in [3.63, 3.8) is 0 Å². The number of primary amides is 1. The SMILES string of the molecule is CC(C)[C@@H](NC(=O)[C@@H]1CCCN1C(=O)OC(C)(C)C)C(=O)N[C@H](C)C(N)=O. The van der Waals surface area contributed by atoms with Crippen LogP contribution in [0, 0.1) is 5.92 Å². The van der Waals surface area contributed by atoms with Gasteiger partial charge in [0.15, 0.2) is 0 Å². The van der Waals surface area contributed by atoms with E-state index in [9.17, 15) is 19.2 Å². The van der Waals surface area contributed by atoms with E-state index in [1.807, 2.05) is 0 Å². The van der Waals surface area contributed by atoms with Gasteiger partial charge in [0.25, 0.3) is 0 Å². The molecule has 4 amide bonds. The Morgan fingerprint density at radius 3 is 2.19 bits per heavy atom. The largest absolute Gasteiger partial charge is 0.444 e. The van der Waals surface area contributed by atoms with Gasteiger partial charge < -0.3 is 21.1 Å². The fourth-order valence-corrected chi connectivity index (χ4v) is 2.74. The molecule has 27 heavy (non-hydrogen) atoms. The Balaban J connectivity index is 2.81. The van der Waals surface area contributed by atoms with Crippen molar-refractivity contribution in [3.05, 3.63) is 0 Å². The Hall–Kier alpha value is -2.32. The summed E-state index contributed by atoms with van der Waals surface area (Å²) in [5.74, 6) is -1.79. The van der Waals surface area contributed by atoms with Gasteiger partial charge in [0.05, 0.1) is 0 Å². The lowest BCUT2D eigenvalue weighted by Crippen LogP contribution is -2.57. The molecule has 0 radical (unpaired) electrons. The molecule has 1 rings (SSSR count). The maximum absolute atomic E-state index is 12.7. The van der Waals surface area contributed by atoms with Crippen LogP contribution in [-0.2, 0) is 19.1 Å². The summed E-state index contributed by atoms with van der Waals surface area (Å²) in [5, 5.41) is 5.19. The van der Waals surface area contributed by atoms with Gasteiger partial charge in [-0.25, -0.2) is 4.79 Å². The van der Waals surface area contributed by atoms with Crippen LogP contribution in [-0.4, -0.2) is 59.0 Å². The van der Waals surface area contributed by atoms with Crippen LogP contribution in [0.25, 0.3) is 0 Å². The number of rotatable bonds is 6. The number of carbonyl (C=O) groups excluding carboxylic acids is 4. The van der Waals surface area contributed by atoms with Gasteiger partial charge in [-0.05, 0) is 46.5 Å². The zero-order chi connectivity index (χ0) is 20.9. The Bertz CT molecular complexity index is 585. The lowest BCUT2D eigenvalue weighted by molar-refractivity contribution is -0.133. The Kier molecular flexibility index (Phi) is 7.62. The number of ether oxygens (including phenoxy) is 1. The van der Waals surface area contributed by atoms with E-state index in [0.717, 1.165) is 0 Å². The van der Waals surface area contributed by atoms with E-state index in [-0.39, 0.29) is 5.92 Å². The third kappa shape index (κ3) is 6.73. The minimum absolute atomic E-state index is 0.217. The predicted molar refractivity (Wildman–Crippen MR) is 99.5 cm³/mol. The summed E-state index contributed by atoms with van der Waals surface area (Å²) in [6.07, 6.45) is 0.622. The highest BCUT2D eigenvalue weighted by Gasteiger charge is 2.38. The van der Waals surface area contributed by atoms with Crippen molar-refractivity contribution in [2.75, 3.05) is 6.54 Å². The second kappa shape index (κ2) is 9.05.